The summed E-state index contributed by atoms with van der Waals surface area (Å²) in [6, 6.07) is 8.00. The summed E-state index contributed by atoms with van der Waals surface area (Å²) in [6.07, 6.45) is -6.04. The Morgan fingerprint density at radius 3 is 2.21 bits per heavy atom. The molecule has 0 aliphatic carbocycles. The molecule has 0 spiro atoms. The fraction of sp³-hybridized carbons (Fsp3) is 0.591. The Kier molecular flexibility index (Phi) is 10.9. The molecule has 1 aromatic rings. The van der Waals surface area contributed by atoms with Crippen molar-refractivity contribution in [2.24, 2.45) is 11.3 Å². The average molecular weight is 504 g/mol. The van der Waals surface area contributed by atoms with E-state index in [4.69, 9.17) is 13.7 Å². The molecule has 12 heteroatoms. The lowest BCUT2D eigenvalue weighted by Gasteiger charge is -2.40. The van der Waals surface area contributed by atoms with Gasteiger partial charge in [-0.1, -0.05) is 45.9 Å². The molecule has 0 aliphatic rings. The van der Waals surface area contributed by atoms with Crippen molar-refractivity contribution in [3.63, 3.8) is 0 Å². The summed E-state index contributed by atoms with van der Waals surface area (Å²) in [6.45, 7) is 7.19. The number of hydrogen-bond acceptors (Lipinski definition) is 9. The van der Waals surface area contributed by atoms with Gasteiger partial charge < -0.3 is 25.0 Å². The Morgan fingerprint density at radius 1 is 1.12 bits per heavy atom. The van der Waals surface area contributed by atoms with Crippen LogP contribution in [0.1, 0.15) is 41.0 Å². The van der Waals surface area contributed by atoms with Gasteiger partial charge in [-0.05, 0) is 24.5 Å². The maximum absolute atomic E-state index is 12.7. The van der Waals surface area contributed by atoms with Crippen molar-refractivity contribution in [2.45, 2.75) is 59.4 Å². The second-order valence-electron chi connectivity index (χ2n) is 8.67. The monoisotopic (exact) mass is 503 g/mol. The first-order chi connectivity index (χ1) is 15.7. The van der Waals surface area contributed by atoms with Gasteiger partial charge in [0.25, 0.3) is 10.1 Å². The lowest BCUT2D eigenvalue weighted by Crippen LogP contribution is -2.54. The highest BCUT2D eigenvalue weighted by Crippen LogP contribution is 2.35. The number of carbonyl (C=O) groups is 3. The number of nitrogens with one attached hydrogen (secondary N) is 1. The predicted molar refractivity (Wildman–Crippen MR) is 122 cm³/mol. The van der Waals surface area contributed by atoms with E-state index in [1.165, 1.54) is 32.9 Å². The zero-order valence-corrected chi connectivity index (χ0v) is 20.7. The van der Waals surface area contributed by atoms with E-state index in [2.05, 4.69) is 5.32 Å². The average Bonchev–Trinajstić information content (AvgIpc) is 2.73. The fourth-order valence-corrected chi connectivity index (χ4v) is 4.33. The molecule has 3 atom stereocenters. The molecule has 0 aliphatic heterocycles. The molecule has 11 nitrogen and oxygen atoms in total. The van der Waals surface area contributed by atoms with Gasteiger partial charge in [0.05, 0.1) is 5.75 Å². The topological polar surface area (TPSA) is 166 Å². The zero-order chi connectivity index (χ0) is 26.1. The van der Waals surface area contributed by atoms with E-state index in [9.17, 15) is 33.0 Å². The van der Waals surface area contributed by atoms with E-state index in [1.807, 2.05) is 0 Å². The molecule has 192 valence electrons. The molecule has 1 rings (SSSR count). The van der Waals surface area contributed by atoms with Crippen LogP contribution in [0.5, 0.6) is 5.75 Å². The summed E-state index contributed by atoms with van der Waals surface area (Å²) < 4.78 is 41.2. The van der Waals surface area contributed by atoms with Gasteiger partial charge in [0.2, 0.25) is 5.91 Å². The molecule has 2 unspecified atom stereocenters. The minimum Gasteiger partial charge on any atom is -0.479 e. The largest absolute Gasteiger partial charge is 0.514 e. The number of ether oxygens (including phenoxy) is 2. The van der Waals surface area contributed by atoms with E-state index in [1.54, 1.807) is 32.0 Å². The number of para-hydroxylation sites is 1. The molecule has 0 radical (unpaired) electrons. The van der Waals surface area contributed by atoms with Crippen LogP contribution in [0, 0.1) is 11.3 Å². The van der Waals surface area contributed by atoms with Gasteiger partial charge >= 0.3 is 12.1 Å². The third-order valence-electron chi connectivity index (χ3n) is 5.00. The van der Waals surface area contributed by atoms with E-state index >= 15 is 0 Å². The van der Waals surface area contributed by atoms with E-state index < -0.39 is 57.6 Å². The summed E-state index contributed by atoms with van der Waals surface area (Å²) in [4.78, 5) is 34.9. The third-order valence-corrected chi connectivity index (χ3v) is 6.29. The molecule has 34 heavy (non-hydrogen) atoms. The Labute approximate surface area is 199 Å². The van der Waals surface area contributed by atoms with Crippen LogP contribution in [-0.2, 0) is 28.6 Å². The minimum absolute atomic E-state index is 0.0276. The first-order valence-corrected chi connectivity index (χ1v) is 12.2. The van der Waals surface area contributed by atoms with Crippen LogP contribution < -0.4 is 10.1 Å². The number of carboxylic acids is 1. The van der Waals surface area contributed by atoms with Crippen molar-refractivity contribution in [3.8, 4) is 5.75 Å². The summed E-state index contributed by atoms with van der Waals surface area (Å²) in [7, 11) is -4.28. The van der Waals surface area contributed by atoms with Crippen molar-refractivity contribution < 1.29 is 46.7 Å². The van der Waals surface area contributed by atoms with Crippen molar-refractivity contribution in [1.29, 1.82) is 0 Å². The maximum Gasteiger partial charge on any atom is 0.514 e. The fourth-order valence-electron chi connectivity index (χ4n) is 3.06. The molecule has 0 saturated heterocycles. The molecular weight excluding hydrogens is 470 g/mol. The molecule has 0 heterocycles. The quantitative estimate of drug-likeness (QED) is 0.157. The normalized spacial score (nSPS) is 14.7. The van der Waals surface area contributed by atoms with Gasteiger partial charge in [-0.15, -0.1) is 0 Å². The highest BCUT2D eigenvalue weighted by Gasteiger charge is 2.49. The number of amides is 1. The van der Waals surface area contributed by atoms with E-state index in [0.29, 0.717) is 0 Å². The SMILES string of the molecule is CC(=O)NCCCS(=O)(=O)OC(C(OC(=O)Oc1ccccc1)C(C)C)C(C)(C)[C@@H](O)C(=O)O. The van der Waals surface area contributed by atoms with Crippen LogP contribution in [0.4, 0.5) is 4.79 Å². The number of aliphatic hydroxyl groups excluding tert-OH is 1. The smallest absolute Gasteiger partial charge is 0.479 e. The van der Waals surface area contributed by atoms with Crippen LogP contribution in [0.25, 0.3) is 0 Å². The molecule has 1 amide bonds. The number of carboxylic acid groups (broad SMARTS) is 1. The molecular formula is C22H33NO10S. The van der Waals surface area contributed by atoms with Gasteiger partial charge in [-0.2, -0.15) is 8.42 Å². The third kappa shape index (κ3) is 9.27. The van der Waals surface area contributed by atoms with Crippen LogP contribution in [0.15, 0.2) is 30.3 Å². The Hall–Kier alpha value is -2.70. The van der Waals surface area contributed by atoms with Crippen molar-refractivity contribution in [1.82, 2.24) is 5.32 Å². The van der Waals surface area contributed by atoms with E-state index in [-0.39, 0.29) is 24.6 Å². The molecule has 3 N–H and O–H groups in total. The first kappa shape index (κ1) is 29.3. The standard InChI is InChI=1S/C22H33NO10S/c1-14(2)17(32-21(28)31-16-10-7-6-8-11-16)19(22(4,5)18(25)20(26)27)33-34(29,30)13-9-12-23-15(3)24/h6-8,10-11,14,17-19,25H,9,12-13H2,1-5H3,(H,23,24)(H,26,27)/t17?,18-,19?/m0/s1. The van der Waals surface area contributed by atoms with Crippen LogP contribution in [0.2, 0.25) is 0 Å². The van der Waals surface area contributed by atoms with Crippen molar-refractivity contribution >= 4 is 28.1 Å². The van der Waals surface area contributed by atoms with Crippen molar-refractivity contribution in [2.75, 3.05) is 12.3 Å². The maximum atomic E-state index is 12.7. The zero-order valence-electron chi connectivity index (χ0n) is 19.9. The predicted octanol–water partition coefficient (Wildman–Crippen LogP) is 1.94. The van der Waals surface area contributed by atoms with Crippen LogP contribution >= 0.6 is 0 Å². The Balaban J connectivity index is 3.19. The second kappa shape index (κ2) is 12.7. The number of aliphatic carboxylic acids is 1. The molecule has 0 saturated carbocycles. The summed E-state index contributed by atoms with van der Waals surface area (Å²) in [5.41, 5.74) is -1.71. The van der Waals surface area contributed by atoms with Gasteiger partial charge in [0.1, 0.15) is 18.0 Å². The highest BCUT2D eigenvalue weighted by atomic mass is 32.2. The molecule has 0 bridgehead atoms. The highest BCUT2D eigenvalue weighted by molar-refractivity contribution is 7.86. The van der Waals surface area contributed by atoms with E-state index in [0.717, 1.165) is 0 Å². The lowest BCUT2D eigenvalue weighted by atomic mass is 9.76. The molecule has 1 aromatic carbocycles. The van der Waals surface area contributed by atoms with Gasteiger partial charge in [0, 0.05) is 18.9 Å². The Morgan fingerprint density at radius 2 is 1.71 bits per heavy atom. The van der Waals surface area contributed by atoms with Crippen LogP contribution in [0.3, 0.4) is 0 Å². The second-order valence-corrected chi connectivity index (χ2v) is 10.4. The molecule has 0 fully saturated rings. The molecule has 0 aromatic heterocycles. The number of carbonyl (C=O) groups excluding carboxylic acids is 2. The minimum atomic E-state index is -4.28. The number of aliphatic hydroxyl groups is 1. The summed E-state index contributed by atoms with van der Waals surface area (Å²) in [5.74, 6) is -2.79. The summed E-state index contributed by atoms with van der Waals surface area (Å²) in [5, 5.41) is 22.1. The lowest BCUT2D eigenvalue weighted by molar-refractivity contribution is -0.163. The number of hydrogen-bond donors (Lipinski definition) is 3. The first-order valence-electron chi connectivity index (χ1n) is 10.7. The Bertz CT molecular complexity index is 930. The van der Waals surface area contributed by atoms with Gasteiger partial charge in [-0.25, -0.2) is 9.59 Å². The van der Waals surface area contributed by atoms with Crippen LogP contribution in [-0.4, -0.2) is 67.3 Å². The van der Waals surface area contributed by atoms with Gasteiger partial charge in [0.15, 0.2) is 6.10 Å². The van der Waals surface area contributed by atoms with Gasteiger partial charge in [-0.3, -0.25) is 8.98 Å². The number of benzene rings is 1. The van der Waals surface area contributed by atoms with Crippen molar-refractivity contribution in [3.05, 3.63) is 30.3 Å². The summed E-state index contributed by atoms with van der Waals surface area (Å²) >= 11 is 0. The number of rotatable bonds is 13.